The van der Waals surface area contributed by atoms with Gasteiger partial charge >= 0.3 is 0 Å². The van der Waals surface area contributed by atoms with Crippen LogP contribution < -0.4 is 16.0 Å². The Bertz CT molecular complexity index is 578. The Morgan fingerprint density at radius 3 is 2.65 bits per heavy atom. The number of nitrogens with one attached hydrogen (secondary N) is 3. The second-order valence-electron chi connectivity index (χ2n) is 6.21. The molecule has 146 valence electrons. The van der Waals surface area contributed by atoms with Crippen LogP contribution in [0.25, 0.3) is 0 Å². The van der Waals surface area contributed by atoms with Crippen molar-refractivity contribution >= 4 is 17.6 Å². The summed E-state index contributed by atoms with van der Waals surface area (Å²) in [4.78, 5) is 16.2. The van der Waals surface area contributed by atoms with Crippen LogP contribution in [0.2, 0.25) is 0 Å². The summed E-state index contributed by atoms with van der Waals surface area (Å²) in [6.45, 7) is 10.2. The van der Waals surface area contributed by atoms with Gasteiger partial charge in [-0.25, -0.2) is 9.38 Å². The van der Waals surface area contributed by atoms with Crippen LogP contribution in [0, 0.1) is 11.7 Å². The van der Waals surface area contributed by atoms with Crippen LogP contribution in [-0.2, 0) is 9.53 Å². The lowest BCUT2D eigenvalue weighted by molar-refractivity contribution is -0.114. The van der Waals surface area contributed by atoms with Gasteiger partial charge in [0.05, 0.1) is 6.10 Å². The Labute approximate surface area is 155 Å². The van der Waals surface area contributed by atoms with E-state index in [-0.39, 0.29) is 18.6 Å². The summed E-state index contributed by atoms with van der Waals surface area (Å²) in [6.07, 6.45) is 1.04. The molecule has 1 unspecified atom stereocenters. The van der Waals surface area contributed by atoms with Crippen LogP contribution in [0.4, 0.5) is 10.1 Å². The standard InChI is InChI=1S/C19H31FN4O2/c1-5-21-19(22-11-10-17(14(3)4)26-6-2)23-13-18(25)24-16-9-7-8-15(20)12-16/h7-9,12,14,17H,5-6,10-11,13H2,1-4H3,(H,24,25)(H2,21,22,23). The Kier molecular flexibility index (Phi) is 10.3. The highest BCUT2D eigenvalue weighted by molar-refractivity contribution is 5.94. The summed E-state index contributed by atoms with van der Waals surface area (Å²) in [6, 6.07) is 5.77. The number of ether oxygens (including phenoxy) is 1. The SMILES string of the molecule is CCNC(=NCC(=O)Nc1cccc(F)c1)NCCC(OCC)C(C)C. The fraction of sp³-hybridized carbons (Fsp3) is 0.579. The van der Waals surface area contributed by atoms with Crippen LogP contribution >= 0.6 is 0 Å². The number of rotatable bonds is 10. The fourth-order valence-corrected chi connectivity index (χ4v) is 2.42. The minimum atomic E-state index is -0.393. The van der Waals surface area contributed by atoms with Crippen molar-refractivity contribution in [3.63, 3.8) is 0 Å². The van der Waals surface area contributed by atoms with E-state index >= 15 is 0 Å². The number of nitrogens with zero attached hydrogens (tertiary/aromatic N) is 1. The number of aliphatic imine (C=N–C) groups is 1. The topological polar surface area (TPSA) is 74.8 Å². The van der Waals surface area contributed by atoms with Gasteiger partial charge in [-0.15, -0.1) is 0 Å². The highest BCUT2D eigenvalue weighted by atomic mass is 19.1. The fourth-order valence-electron chi connectivity index (χ4n) is 2.42. The van der Waals surface area contributed by atoms with Crippen molar-refractivity contribution in [2.24, 2.45) is 10.9 Å². The minimum Gasteiger partial charge on any atom is -0.378 e. The van der Waals surface area contributed by atoms with Crippen molar-refractivity contribution in [1.82, 2.24) is 10.6 Å². The molecule has 1 rings (SSSR count). The van der Waals surface area contributed by atoms with Crippen molar-refractivity contribution in [2.45, 2.75) is 40.2 Å². The zero-order valence-corrected chi connectivity index (χ0v) is 16.1. The van der Waals surface area contributed by atoms with Crippen LogP contribution in [0.15, 0.2) is 29.3 Å². The van der Waals surface area contributed by atoms with Gasteiger partial charge in [0.1, 0.15) is 12.4 Å². The molecule has 0 fully saturated rings. The summed E-state index contributed by atoms with van der Waals surface area (Å²) in [5.74, 6) is 0.312. The monoisotopic (exact) mass is 366 g/mol. The van der Waals surface area contributed by atoms with Gasteiger partial charge in [-0.1, -0.05) is 19.9 Å². The van der Waals surface area contributed by atoms with Gasteiger partial charge in [-0.05, 0) is 44.4 Å². The van der Waals surface area contributed by atoms with E-state index in [2.05, 4.69) is 34.8 Å². The van der Waals surface area contributed by atoms with E-state index in [9.17, 15) is 9.18 Å². The summed E-state index contributed by atoms with van der Waals surface area (Å²) in [5.41, 5.74) is 0.416. The Balaban J connectivity index is 2.50. The van der Waals surface area contributed by atoms with Crippen molar-refractivity contribution < 1.29 is 13.9 Å². The zero-order valence-electron chi connectivity index (χ0n) is 16.1. The van der Waals surface area contributed by atoms with Crippen molar-refractivity contribution in [3.05, 3.63) is 30.1 Å². The number of anilines is 1. The molecule has 0 heterocycles. The Morgan fingerprint density at radius 1 is 1.27 bits per heavy atom. The van der Waals surface area contributed by atoms with Gasteiger partial charge in [-0.3, -0.25) is 4.79 Å². The lowest BCUT2D eigenvalue weighted by Crippen LogP contribution is -2.40. The van der Waals surface area contributed by atoms with E-state index in [1.54, 1.807) is 12.1 Å². The lowest BCUT2D eigenvalue weighted by atomic mass is 10.0. The number of amides is 1. The molecule has 1 aromatic carbocycles. The molecule has 0 saturated heterocycles. The van der Waals surface area contributed by atoms with E-state index in [1.165, 1.54) is 12.1 Å². The van der Waals surface area contributed by atoms with Crippen LogP contribution in [0.3, 0.4) is 0 Å². The highest BCUT2D eigenvalue weighted by Gasteiger charge is 2.13. The normalized spacial score (nSPS) is 12.8. The Hall–Kier alpha value is -2.15. The van der Waals surface area contributed by atoms with E-state index in [4.69, 9.17) is 4.74 Å². The van der Waals surface area contributed by atoms with Gasteiger partial charge in [0.25, 0.3) is 0 Å². The van der Waals surface area contributed by atoms with E-state index in [0.29, 0.717) is 37.3 Å². The summed E-state index contributed by atoms with van der Waals surface area (Å²) >= 11 is 0. The first-order valence-electron chi connectivity index (χ1n) is 9.15. The number of benzene rings is 1. The molecule has 1 aromatic rings. The Morgan fingerprint density at radius 2 is 2.04 bits per heavy atom. The number of carbonyl (C=O) groups is 1. The molecule has 0 aliphatic rings. The molecular weight excluding hydrogens is 335 g/mol. The largest absolute Gasteiger partial charge is 0.378 e. The van der Waals surface area contributed by atoms with Gasteiger partial charge in [0.15, 0.2) is 5.96 Å². The molecule has 3 N–H and O–H groups in total. The first-order chi connectivity index (χ1) is 12.5. The summed E-state index contributed by atoms with van der Waals surface area (Å²) in [7, 11) is 0. The molecule has 6 nitrogen and oxygen atoms in total. The first-order valence-corrected chi connectivity index (χ1v) is 9.15. The predicted octanol–water partition coefficient (Wildman–Crippen LogP) is 2.77. The van der Waals surface area contributed by atoms with Crippen LogP contribution in [0.5, 0.6) is 0 Å². The van der Waals surface area contributed by atoms with Gasteiger partial charge in [0, 0.05) is 25.4 Å². The van der Waals surface area contributed by atoms with E-state index in [0.717, 1.165) is 6.42 Å². The second-order valence-corrected chi connectivity index (χ2v) is 6.21. The summed E-state index contributed by atoms with van der Waals surface area (Å²) in [5, 5.41) is 8.94. The third-order valence-corrected chi connectivity index (χ3v) is 3.68. The molecule has 0 aliphatic heterocycles. The molecule has 0 radical (unpaired) electrons. The molecule has 0 aliphatic carbocycles. The van der Waals surface area contributed by atoms with Crippen LogP contribution in [0.1, 0.15) is 34.1 Å². The molecule has 0 bridgehead atoms. The number of hydrogen-bond donors (Lipinski definition) is 3. The second kappa shape index (κ2) is 12.2. The molecule has 1 amide bonds. The maximum atomic E-state index is 13.1. The third-order valence-electron chi connectivity index (χ3n) is 3.68. The third kappa shape index (κ3) is 8.80. The number of halogens is 1. The number of hydrogen-bond acceptors (Lipinski definition) is 3. The quantitative estimate of drug-likeness (QED) is 0.440. The molecule has 0 aromatic heterocycles. The smallest absolute Gasteiger partial charge is 0.246 e. The van der Waals surface area contributed by atoms with Gasteiger partial charge in [-0.2, -0.15) is 0 Å². The van der Waals surface area contributed by atoms with Gasteiger partial charge < -0.3 is 20.7 Å². The van der Waals surface area contributed by atoms with Gasteiger partial charge in [0.2, 0.25) is 5.91 Å². The van der Waals surface area contributed by atoms with E-state index < -0.39 is 5.82 Å². The summed E-state index contributed by atoms with van der Waals surface area (Å²) < 4.78 is 18.9. The van der Waals surface area contributed by atoms with E-state index in [1.807, 2.05) is 13.8 Å². The number of carbonyl (C=O) groups excluding carboxylic acids is 1. The number of guanidine groups is 1. The average molecular weight is 366 g/mol. The average Bonchev–Trinajstić information content (AvgIpc) is 2.58. The zero-order chi connectivity index (χ0) is 19.4. The maximum Gasteiger partial charge on any atom is 0.246 e. The minimum absolute atomic E-state index is 0.0507. The highest BCUT2D eigenvalue weighted by Crippen LogP contribution is 2.10. The molecule has 7 heteroatoms. The molecule has 26 heavy (non-hydrogen) atoms. The first kappa shape index (κ1) is 21.9. The maximum absolute atomic E-state index is 13.1. The molecule has 0 saturated carbocycles. The lowest BCUT2D eigenvalue weighted by Gasteiger charge is -2.21. The molecule has 0 spiro atoms. The predicted molar refractivity (Wildman–Crippen MR) is 104 cm³/mol. The molecule has 1 atom stereocenters. The van der Waals surface area contributed by atoms with Crippen molar-refractivity contribution in [1.29, 1.82) is 0 Å². The molecular formula is C19H31FN4O2. The van der Waals surface area contributed by atoms with Crippen molar-refractivity contribution in [2.75, 3.05) is 31.6 Å². The van der Waals surface area contributed by atoms with Crippen LogP contribution in [-0.4, -0.2) is 44.2 Å². The van der Waals surface area contributed by atoms with Crippen molar-refractivity contribution in [3.8, 4) is 0 Å².